The molecule has 134 valence electrons. The van der Waals surface area contributed by atoms with Gasteiger partial charge in [-0.3, -0.25) is 9.69 Å². The Balaban J connectivity index is 1.72. The normalized spacial score (nSPS) is 17.0. The summed E-state index contributed by atoms with van der Waals surface area (Å²) in [4.78, 5) is 17.2. The van der Waals surface area contributed by atoms with Crippen LogP contribution in [0.1, 0.15) is 38.3 Å². The molecule has 1 aliphatic heterocycles. The molecule has 0 aromatic heterocycles. The maximum atomic E-state index is 12.2. The average molecular weight is 332 g/mol. The van der Waals surface area contributed by atoms with Crippen molar-refractivity contribution in [2.45, 2.75) is 46.1 Å². The van der Waals surface area contributed by atoms with Gasteiger partial charge in [0.05, 0.1) is 0 Å². The van der Waals surface area contributed by atoms with Gasteiger partial charge in [-0.2, -0.15) is 0 Å². The lowest BCUT2D eigenvalue weighted by molar-refractivity contribution is -0.121. The smallest absolute Gasteiger partial charge is 0.220 e. The predicted octanol–water partition coefficient (Wildman–Crippen LogP) is 2.46. The first-order chi connectivity index (χ1) is 11.4. The van der Waals surface area contributed by atoms with Crippen LogP contribution < -0.4 is 5.32 Å². The fraction of sp³-hybridized carbons (Fsp3) is 0.650. The number of aryl methyl sites for hydroxylation is 2. The van der Waals surface area contributed by atoms with Crippen molar-refractivity contribution in [3.63, 3.8) is 0 Å². The highest BCUT2D eigenvalue weighted by atomic mass is 16.1. The summed E-state index contributed by atoms with van der Waals surface area (Å²) in [5, 5.41) is 3.13. The first-order valence-electron chi connectivity index (χ1n) is 9.20. The molecule has 1 aromatic rings. The highest BCUT2D eigenvalue weighted by Gasteiger charge is 2.29. The van der Waals surface area contributed by atoms with E-state index in [1.165, 1.54) is 11.1 Å². The second kappa shape index (κ2) is 8.63. The molecular formula is C20H33N3O. The molecule has 1 saturated heterocycles. The average Bonchev–Trinajstić information content (AvgIpc) is 2.59. The van der Waals surface area contributed by atoms with Crippen LogP contribution in [0.4, 0.5) is 0 Å². The van der Waals surface area contributed by atoms with E-state index in [9.17, 15) is 4.79 Å². The third kappa shape index (κ3) is 5.60. The van der Waals surface area contributed by atoms with E-state index in [2.05, 4.69) is 67.1 Å². The summed E-state index contributed by atoms with van der Waals surface area (Å²) < 4.78 is 0. The predicted molar refractivity (Wildman–Crippen MR) is 100 cm³/mol. The molecule has 1 N–H and O–H groups in total. The number of nitrogens with one attached hydrogen (secondary N) is 1. The quantitative estimate of drug-likeness (QED) is 0.834. The number of likely N-dealkylation sites (N-methyl/N-ethyl adjacent to an activating group) is 1. The minimum absolute atomic E-state index is 0.0132. The van der Waals surface area contributed by atoms with E-state index in [0.717, 1.165) is 39.1 Å². The molecule has 1 aliphatic rings. The minimum atomic E-state index is 0.0132. The van der Waals surface area contributed by atoms with Crippen LogP contribution in [0.2, 0.25) is 0 Å². The largest absolute Gasteiger partial charge is 0.354 e. The molecular weight excluding hydrogens is 298 g/mol. The van der Waals surface area contributed by atoms with Crippen LogP contribution in [-0.4, -0.2) is 60.5 Å². The van der Waals surface area contributed by atoms with Crippen LogP contribution in [0, 0.1) is 6.92 Å². The van der Waals surface area contributed by atoms with Crippen molar-refractivity contribution in [1.82, 2.24) is 15.1 Å². The van der Waals surface area contributed by atoms with E-state index in [-0.39, 0.29) is 11.4 Å². The van der Waals surface area contributed by atoms with E-state index < -0.39 is 0 Å². The number of piperazine rings is 1. The zero-order valence-corrected chi connectivity index (χ0v) is 15.8. The Labute approximate surface area is 147 Å². The van der Waals surface area contributed by atoms with Crippen molar-refractivity contribution < 1.29 is 4.79 Å². The number of hydrogen-bond donors (Lipinski definition) is 1. The van der Waals surface area contributed by atoms with Gasteiger partial charge < -0.3 is 10.2 Å². The lowest BCUT2D eigenvalue weighted by atomic mass is 10.0. The van der Waals surface area contributed by atoms with Crippen LogP contribution in [0.3, 0.4) is 0 Å². The third-order valence-corrected chi connectivity index (χ3v) is 5.16. The van der Waals surface area contributed by atoms with Gasteiger partial charge in [0, 0.05) is 44.7 Å². The summed E-state index contributed by atoms with van der Waals surface area (Å²) >= 11 is 0. The molecule has 1 amide bonds. The lowest BCUT2D eigenvalue weighted by Gasteiger charge is -2.44. The highest BCUT2D eigenvalue weighted by molar-refractivity contribution is 5.76. The number of nitrogens with zero attached hydrogens (tertiary/aromatic N) is 2. The van der Waals surface area contributed by atoms with Crippen molar-refractivity contribution in [1.29, 1.82) is 0 Å². The SMILES string of the molecule is CCN1CCN(C(C)(C)CNC(=O)CCc2ccc(C)cc2)CC1. The van der Waals surface area contributed by atoms with Crippen LogP contribution in [0.15, 0.2) is 24.3 Å². The van der Waals surface area contributed by atoms with Gasteiger partial charge in [-0.1, -0.05) is 36.8 Å². The molecule has 4 nitrogen and oxygen atoms in total. The number of amides is 1. The summed E-state index contributed by atoms with van der Waals surface area (Å²) in [6.07, 6.45) is 1.37. The van der Waals surface area contributed by atoms with Gasteiger partial charge in [-0.05, 0) is 39.3 Å². The Morgan fingerprint density at radius 3 is 2.33 bits per heavy atom. The van der Waals surface area contributed by atoms with Crippen molar-refractivity contribution in [3.05, 3.63) is 35.4 Å². The van der Waals surface area contributed by atoms with Gasteiger partial charge in [-0.25, -0.2) is 0 Å². The summed E-state index contributed by atoms with van der Waals surface area (Å²) in [6, 6.07) is 8.43. The van der Waals surface area contributed by atoms with Gasteiger partial charge in [0.25, 0.3) is 0 Å². The van der Waals surface area contributed by atoms with E-state index in [1.54, 1.807) is 0 Å². The van der Waals surface area contributed by atoms with Crippen molar-refractivity contribution in [2.24, 2.45) is 0 Å². The summed E-state index contributed by atoms with van der Waals surface area (Å²) in [6.45, 7) is 15.0. The monoisotopic (exact) mass is 331 g/mol. The zero-order valence-electron chi connectivity index (χ0n) is 15.8. The second-order valence-corrected chi connectivity index (χ2v) is 7.50. The molecule has 0 saturated carbocycles. The standard InChI is InChI=1S/C20H33N3O/c1-5-22-12-14-23(15-13-22)20(3,4)16-21-19(24)11-10-18-8-6-17(2)7-9-18/h6-9H,5,10-16H2,1-4H3,(H,21,24). The molecule has 0 atom stereocenters. The molecule has 0 unspecified atom stereocenters. The summed E-state index contributed by atoms with van der Waals surface area (Å²) in [5.41, 5.74) is 2.50. The van der Waals surface area contributed by atoms with Crippen molar-refractivity contribution >= 4 is 5.91 Å². The van der Waals surface area contributed by atoms with Crippen LogP contribution >= 0.6 is 0 Å². The molecule has 1 fully saturated rings. The topological polar surface area (TPSA) is 35.6 Å². The summed E-state index contributed by atoms with van der Waals surface area (Å²) in [7, 11) is 0. The fourth-order valence-corrected chi connectivity index (χ4v) is 3.20. The minimum Gasteiger partial charge on any atom is -0.354 e. The Morgan fingerprint density at radius 2 is 1.75 bits per heavy atom. The first kappa shape index (κ1) is 18.9. The Bertz CT molecular complexity index is 516. The first-order valence-corrected chi connectivity index (χ1v) is 9.20. The van der Waals surface area contributed by atoms with E-state index >= 15 is 0 Å². The van der Waals surface area contributed by atoms with E-state index in [0.29, 0.717) is 13.0 Å². The Kier molecular flexibility index (Phi) is 6.81. The van der Waals surface area contributed by atoms with Crippen LogP contribution in [0.25, 0.3) is 0 Å². The number of carbonyl (C=O) groups excluding carboxylic acids is 1. The molecule has 0 spiro atoms. The second-order valence-electron chi connectivity index (χ2n) is 7.50. The Hall–Kier alpha value is -1.39. The molecule has 1 aromatic carbocycles. The van der Waals surface area contributed by atoms with E-state index in [1.807, 2.05) is 0 Å². The van der Waals surface area contributed by atoms with E-state index in [4.69, 9.17) is 0 Å². The van der Waals surface area contributed by atoms with Gasteiger partial charge in [-0.15, -0.1) is 0 Å². The van der Waals surface area contributed by atoms with Gasteiger partial charge >= 0.3 is 0 Å². The maximum absolute atomic E-state index is 12.2. The van der Waals surface area contributed by atoms with Crippen molar-refractivity contribution in [2.75, 3.05) is 39.3 Å². The number of hydrogen-bond acceptors (Lipinski definition) is 3. The highest BCUT2D eigenvalue weighted by Crippen LogP contribution is 2.16. The number of carbonyl (C=O) groups is 1. The summed E-state index contributed by atoms with van der Waals surface area (Å²) in [5.74, 6) is 0.149. The van der Waals surface area contributed by atoms with Crippen LogP contribution in [-0.2, 0) is 11.2 Å². The fourth-order valence-electron chi connectivity index (χ4n) is 3.20. The number of benzene rings is 1. The number of rotatable bonds is 7. The van der Waals surface area contributed by atoms with Crippen LogP contribution in [0.5, 0.6) is 0 Å². The lowest BCUT2D eigenvalue weighted by Crippen LogP contribution is -2.58. The molecule has 0 radical (unpaired) electrons. The zero-order chi connectivity index (χ0) is 17.6. The Morgan fingerprint density at radius 1 is 1.12 bits per heavy atom. The molecule has 0 bridgehead atoms. The molecule has 4 heteroatoms. The molecule has 1 heterocycles. The maximum Gasteiger partial charge on any atom is 0.220 e. The van der Waals surface area contributed by atoms with Gasteiger partial charge in [0.2, 0.25) is 5.91 Å². The molecule has 2 rings (SSSR count). The third-order valence-electron chi connectivity index (χ3n) is 5.16. The molecule has 24 heavy (non-hydrogen) atoms. The van der Waals surface area contributed by atoms with Gasteiger partial charge in [0.1, 0.15) is 0 Å². The molecule has 0 aliphatic carbocycles. The van der Waals surface area contributed by atoms with Gasteiger partial charge in [0.15, 0.2) is 0 Å². The van der Waals surface area contributed by atoms with Crippen molar-refractivity contribution in [3.8, 4) is 0 Å².